The Morgan fingerprint density at radius 2 is 1.50 bits per heavy atom. The van der Waals surface area contributed by atoms with Crippen LogP contribution in [0.25, 0.3) is 0 Å². The monoisotopic (exact) mass is 786 g/mol. The van der Waals surface area contributed by atoms with Crippen LogP contribution in [0.15, 0.2) is 71.3 Å². The van der Waals surface area contributed by atoms with Gasteiger partial charge in [0.15, 0.2) is 6.10 Å². The Morgan fingerprint density at radius 1 is 0.963 bits per heavy atom. The molecule has 54 heavy (non-hydrogen) atoms. The summed E-state index contributed by atoms with van der Waals surface area (Å²) in [7, 11) is -4.63. The van der Waals surface area contributed by atoms with E-state index in [2.05, 4.69) is 0 Å². The molecule has 0 aliphatic carbocycles. The molecule has 3 N–H and O–H groups in total. The fourth-order valence-electron chi connectivity index (χ4n) is 7.06. The van der Waals surface area contributed by atoms with Gasteiger partial charge in [0.2, 0.25) is 5.91 Å². The molecular weight excluding hydrogens is 737 g/mol. The fourth-order valence-corrected chi connectivity index (χ4v) is 9.24. The van der Waals surface area contributed by atoms with Gasteiger partial charge < -0.3 is 29.1 Å². The van der Waals surface area contributed by atoms with Crippen molar-refractivity contribution in [1.82, 2.24) is 14.1 Å². The number of amides is 3. The van der Waals surface area contributed by atoms with Gasteiger partial charge in [0.05, 0.1) is 30.7 Å². The highest BCUT2D eigenvalue weighted by molar-refractivity contribution is 8.03. The van der Waals surface area contributed by atoms with Gasteiger partial charge in [0, 0.05) is 22.6 Å². The quantitative estimate of drug-likeness (QED) is 0.189. The number of nitrogens with two attached hydrogens (primary N) is 1. The van der Waals surface area contributed by atoms with Gasteiger partial charge in [-0.3, -0.25) is 4.79 Å². The van der Waals surface area contributed by atoms with Gasteiger partial charge in [-0.2, -0.15) is 12.7 Å². The molecule has 2 aromatic rings. The number of carbonyl (C=O) groups is 4. The average molecular weight is 787 g/mol. The Morgan fingerprint density at radius 3 is 1.98 bits per heavy atom. The second-order valence-corrected chi connectivity index (χ2v) is 18.7. The van der Waals surface area contributed by atoms with Crippen molar-refractivity contribution < 1.29 is 46.9 Å². The number of thioether (sulfide) groups is 1. The summed E-state index contributed by atoms with van der Waals surface area (Å²) in [6.45, 7) is 12.8. The lowest BCUT2D eigenvalue weighted by Crippen LogP contribution is -2.63. The van der Waals surface area contributed by atoms with Gasteiger partial charge in [-0.15, -0.1) is 11.8 Å². The summed E-state index contributed by atoms with van der Waals surface area (Å²) in [6.07, 6.45) is -3.54. The average Bonchev–Trinajstić information content (AvgIpc) is 3.57. The van der Waals surface area contributed by atoms with E-state index in [0.717, 1.165) is 11.1 Å². The zero-order chi connectivity index (χ0) is 39.9. The van der Waals surface area contributed by atoms with Crippen molar-refractivity contribution in [3.63, 3.8) is 0 Å². The first-order valence-corrected chi connectivity index (χ1v) is 20.2. The van der Waals surface area contributed by atoms with Gasteiger partial charge in [0.1, 0.15) is 16.9 Å². The van der Waals surface area contributed by atoms with Crippen molar-refractivity contribution in [2.24, 2.45) is 17.0 Å². The predicted molar refractivity (Wildman–Crippen MR) is 202 cm³/mol. The zero-order valence-corrected chi connectivity index (χ0v) is 33.4. The topological polar surface area (TPSA) is 186 Å². The van der Waals surface area contributed by atoms with Crippen LogP contribution in [0.3, 0.4) is 0 Å². The molecule has 0 saturated carbocycles. The van der Waals surface area contributed by atoms with E-state index in [4.69, 9.17) is 19.3 Å². The van der Waals surface area contributed by atoms with Crippen molar-refractivity contribution >= 4 is 46.0 Å². The number of ether oxygens (including phenoxy) is 3. The second kappa shape index (κ2) is 15.6. The second-order valence-electron chi connectivity index (χ2n) is 15.9. The highest BCUT2D eigenvalue weighted by Crippen LogP contribution is 2.53. The first-order chi connectivity index (χ1) is 25.1. The van der Waals surface area contributed by atoms with Crippen LogP contribution in [0.5, 0.6) is 0 Å². The third kappa shape index (κ3) is 9.04. The van der Waals surface area contributed by atoms with E-state index in [0.29, 0.717) is 9.21 Å². The highest BCUT2D eigenvalue weighted by atomic mass is 32.2. The number of hydrogen-bond donors (Lipinski definition) is 2. The molecule has 3 aliphatic heterocycles. The number of esters is 1. The van der Waals surface area contributed by atoms with E-state index < -0.39 is 93.4 Å². The molecule has 6 atom stereocenters. The smallest absolute Gasteiger partial charge is 0.425 e. The van der Waals surface area contributed by atoms with Crippen molar-refractivity contribution in [3.05, 3.63) is 82.4 Å². The molecule has 14 nitrogen and oxygen atoms in total. The van der Waals surface area contributed by atoms with Crippen LogP contribution in [-0.4, -0.2) is 99.4 Å². The fraction of sp³-hybridized carbons (Fsp3) is 0.526. The first-order valence-electron chi connectivity index (χ1n) is 17.8. The zero-order valence-electron chi connectivity index (χ0n) is 31.8. The van der Waals surface area contributed by atoms with Crippen LogP contribution in [0.1, 0.15) is 79.0 Å². The number of rotatable bonds is 10. The Bertz CT molecular complexity index is 1840. The number of fused-ring (bicyclic) bond motifs is 1. The molecule has 16 heteroatoms. The summed E-state index contributed by atoms with van der Waals surface area (Å²) in [6, 6.07) is 17.1. The summed E-state index contributed by atoms with van der Waals surface area (Å²) in [5, 5.41) is 15.6. The number of hydrogen-bond acceptors (Lipinski definition) is 11. The largest absolute Gasteiger partial charge is 0.448 e. The molecule has 0 radical (unpaired) electrons. The van der Waals surface area contributed by atoms with Crippen molar-refractivity contribution in [2.75, 3.05) is 13.1 Å². The number of benzene rings is 2. The van der Waals surface area contributed by atoms with E-state index in [1.54, 1.807) is 48.5 Å². The minimum absolute atomic E-state index is 0.0463. The third-order valence-corrected chi connectivity index (χ3v) is 11.7. The van der Waals surface area contributed by atoms with E-state index in [-0.39, 0.29) is 18.7 Å². The maximum atomic E-state index is 14.4. The Kier molecular flexibility index (Phi) is 11.8. The Balaban J connectivity index is 1.51. The molecule has 2 unspecified atom stereocenters. The summed E-state index contributed by atoms with van der Waals surface area (Å²) in [5.74, 6) is -2.28. The molecule has 2 aromatic carbocycles. The Hall–Kier alpha value is -4.12. The number of likely N-dealkylation sites (tertiary alicyclic amines) is 1. The number of carbonyl (C=O) groups excluding carboxylic acids is 4. The van der Waals surface area contributed by atoms with Crippen LogP contribution >= 0.6 is 11.8 Å². The number of β-lactam (4-membered cyclic amide) rings is 1. The molecule has 294 valence electrons. The molecule has 2 fully saturated rings. The van der Waals surface area contributed by atoms with Crippen LogP contribution in [-0.2, 0) is 34.0 Å². The predicted octanol–water partition coefficient (Wildman–Crippen LogP) is 4.94. The van der Waals surface area contributed by atoms with E-state index in [1.807, 2.05) is 67.6 Å². The van der Waals surface area contributed by atoms with Gasteiger partial charge in [0.25, 0.3) is 0 Å². The van der Waals surface area contributed by atoms with Gasteiger partial charge in [-0.25, -0.2) is 19.5 Å². The standard InChI is InChI=1S/C38H50N4O10S2/c1-22-29-28(23(2)43)33(44)42(29)30(34(45)50-31(24-15-11-9-12-16-24)25-17-13-10-14-18-25)32(22)53-27-19-26(40(21-27)35(46)51-37(3,4)5)20-41(54(39,48)49)36(47)52-38(6,7)8/h9-18,22-23,26-29,31,43H,19-21H2,1-8H3,(H2,39,48,49)/t22-,23-,26?,27?,28-,29-/m1/s1. The minimum Gasteiger partial charge on any atom is -0.448 e. The summed E-state index contributed by atoms with van der Waals surface area (Å²) in [5.41, 5.74) is -0.424. The van der Waals surface area contributed by atoms with Crippen molar-refractivity contribution in [1.29, 1.82) is 0 Å². The normalized spacial score (nSPS) is 23.5. The molecule has 2 saturated heterocycles. The van der Waals surface area contributed by atoms with Gasteiger partial charge in [-0.05, 0) is 66.0 Å². The highest BCUT2D eigenvalue weighted by Gasteiger charge is 2.61. The van der Waals surface area contributed by atoms with E-state index >= 15 is 0 Å². The molecule has 0 spiro atoms. The molecule has 0 bridgehead atoms. The minimum atomic E-state index is -4.63. The summed E-state index contributed by atoms with van der Waals surface area (Å²) < 4.78 is 43.1. The van der Waals surface area contributed by atoms with Crippen LogP contribution in [0, 0.1) is 11.8 Å². The van der Waals surface area contributed by atoms with Crippen molar-refractivity contribution in [2.45, 2.75) is 103 Å². The van der Waals surface area contributed by atoms with Crippen molar-refractivity contribution in [3.8, 4) is 0 Å². The number of aliphatic hydroxyl groups is 1. The lowest BCUT2D eigenvalue weighted by atomic mass is 9.79. The molecule has 5 rings (SSSR count). The maximum Gasteiger partial charge on any atom is 0.425 e. The summed E-state index contributed by atoms with van der Waals surface area (Å²) in [4.78, 5) is 58.0. The molecule has 3 aliphatic rings. The third-order valence-electron chi connectivity index (χ3n) is 9.31. The lowest BCUT2D eigenvalue weighted by Gasteiger charge is -2.46. The van der Waals surface area contributed by atoms with Gasteiger partial charge in [-0.1, -0.05) is 67.6 Å². The lowest BCUT2D eigenvalue weighted by molar-refractivity contribution is -0.165. The molecular formula is C38H50N4O10S2. The van der Waals surface area contributed by atoms with Crippen LogP contribution in [0.2, 0.25) is 0 Å². The SMILES string of the molecule is C[C@@H](O)[C@H]1C(=O)N2C(C(=O)OC(c3ccccc3)c3ccccc3)=C(SC3CC(CN(C(=O)OC(C)(C)C)S(N)(=O)=O)N(C(=O)OC(C)(C)C)C3)[C@H](C)[C@H]12. The molecule has 0 aromatic heterocycles. The van der Waals surface area contributed by atoms with Crippen LogP contribution < -0.4 is 5.14 Å². The van der Waals surface area contributed by atoms with E-state index in [1.165, 1.54) is 21.6 Å². The maximum absolute atomic E-state index is 14.4. The van der Waals surface area contributed by atoms with E-state index in [9.17, 15) is 32.7 Å². The molecule has 3 heterocycles. The number of aliphatic hydroxyl groups excluding tert-OH is 1. The number of nitrogens with zero attached hydrogens (tertiary/aromatic N) is 3. The first kappa shape index (κ1) is 41.1. The van der Waals surface area contributed by atoms with Gasteiger partial charge >= 0.3 is 28.4 Å². The summed E-state index contributed by atoms with van der Waals surface area (Å²) >= 11 is 1.28. The Labute approximate surface area is 321 Å². The van der Waals surface area contributed by atoms with Crippen LogP contribution in [0.4, 0.5) is 9.59 Å². The molecule has 3 amide bonds.